The number of guanidine groups is 1. The second-order valence-electron chi connectivity index (χ2n) is 5.44. The van der Waals surface area contributed by atoms with Gasteiger partial charge in [0.1, 0.15) is 0 Å². The fourth-order valence-electron chi connectivity index (χ4n) is 2.31. The van der Waals surface area contributed by atoms with E-state index < -0.39 is 0 Å². The summed E-state index contributed by atoms with van der Waals surface area (Å²) >= 11 is 1.73. The van der Waals surface area contributed by atoms with Crippen molar-refractivity contribution < 1.29 is 0 Å². The molecule has 3 aromatic heterocycles. The third kappa shape index (κ3) is 4.87. The first-order chi connectivity index (χ1) is 12.2. The summed E-state index contributed by atoms with van der Waals surface area (Å²) in [5, 5.41) is 12.0. The van der Waals surface area contributed by atoms with Crippen LogP contribution < -0.4 is 10.6 Å². The van der Waals surface area contributed by atoms with Gasteiger partial charge in [-0.05, 0) is 30.7 Å². The van der Waals surface area contributed by atoms with Gasteiger partial charge < -0.3 is 10.6 Å². The van der Waals surface area contributed by atoms with E-state index in [0.29, 0.717) is 6.54 Å². The third-order valence-electron chi connectivity index (χ3n) is 3.53. The first-order valence-electron chi connectivity index (χ1n) is 8.05. The van der Waals surface area contributed by atoms with E-state index in [1.165, 1.54) is 4.88 Å². The van der Waals surface area contributed by atoms with Crippen LogP contribution in [0.15, 0.2) is 48.0 Å². The van der Waals surface area contributed by atoms with Gasteiger partial charge in [0.15, 0.2) is 11.8 Å². The lowest BCUT2D eigenvalue weighted by atomic mass is 10.2. The summed E-state index contributed by atoms with van der Waals surface area (Å²) in [5.41, 5.74) is 1.11. The Morgan fingerprint density at radius 1 is 1.28 bits per heavy atom. The van der Waals surface area contributed by atoms with Crippen LogP contribution in [0.1, 0.15) is 15.4 Å². The van der Waals surface area contributed by atoms with E-state index in [0.717, 1.165) is 35.3 Å². The van der Waals surface area contributed by atoms with E-state index in [1.807, 2.05) is 30.6 Å². The Morgan fingerprint density at radius 3 is 2.92 bits per heavy atom. The Morgan fingerprint density at radius 2 is 2.20 bits per heavy atom. The molecule has 0 bridgehead atoms. The molecule has 25 heavy (non-hydrogen) atoms. The molecule has 3 heterocycles. The highest BCUT2D eigenvalue weighted by Gasteiger charge is 2.03. The number of pyridine rings is 1. The van der Waals surface area contributed by atoms with Crippen LogP contribution in [0.5, 0.6) is 0 Å². The molecular weight excluding hydrogens is 334 g/mol. The number of nitrogens with zero attached hydrogens (tertiary/aromatic N) is 5. The van der Waals surface area contributed by atoms with Gasteiger partial charge in [0, 0.05) is 56.2 Å². The van der Waals surface area contributed by atoms with Crippen LogP contribution in [0.4, 0.5) is 0 Å². The Labute approximate surface area is 150 Å². The molecule has 0 aliphatic rings. The molecule has 0 saturated heterocycles. The maximum atomic E-state index is 4.37. The SMILES string of the molecule is CN=C(NCCc1ncc(C)s1)NCc1ccnc(-n2cccn2)c1. The number of aromatic nitrogens is 4. The monoisotopic (exact) mass is 355 g/mol. The molecule has 2 N–H and O–H groups in total. The number of aliphatic imine (C=N–C) groups is 1. The van der Waals surface area contributed by atoms with Crippen LogP contribution in [-0.2, 0) is 13.0 Å². The minimum Gasteiger partial charge on any atom is -0.356 e. The Hall–Kier alpha value is -2.74. The second kappa shape index (κ2) is 8.39. The van der Waals surface area contributed by atoms with Crippen LogP contribution in [0.2, 0.25) is 0 Å². The number of rotatable bonds is 6. The fraction of sp³-hybridized carbons (Fsp3) is 0.294. The van der Waals surface area contributed by atoms with Gasteiger partial charge in [0.25, 0.3) is 0 Å². The van der Waals surface area contributed by atoms with Gasteiger partial charge in [-0.2, -0.15) is 5.10 Å². The molecular formula is C17H21N7S. The van der Waals surface area contributed by atoms with E-state index in [4.69, 9.17) is 0 Å². The lowest BCUT2D eigenvalue weighted by Crippen LogP contribution is -2.37. The molecule has 0 amide bonds. The molecule has 0 fully saturated rings. The smallest absolute Gasteiger partial charge is 0.191 e. The first kappa shape index (κ1) is 17.1. The number of hydrogen-bond acceptors (Lipinski definition) is 5. The average molecular weight is 355 g/mol. The third-order valence-corrected chi connectivity index (χ3v) is 4.51. The van der Waals surface area contributed by atoms with Crippen molar-refractivity contribution in [3.05, 3.63) is 58.4 Å². The van der Waals surface area contributed by atoms with Crippen molar-refractivity contribution in [2.45, 2.75) is 19.9 Å². The molecule has 0 aromatic carbocycles. The molecule has 0 aliphatic carbocycles. The summed E-state index contributed by atoms with van der Waals surface area (Å²) in [6.07, 6.45) is 8.20. The highest BCUT2D eigenvalue weighted by Crippen LogP contribution is 2.11. The number of thiazole rings is 1. The van der Waals surface area contributed by atoms with Crippen LogP contribution in [0.25, 0.3) is 5.82 Å². The lowest BCUT2D eigenvalue weighted by Gasteiger charge is -2.12. The summed E-state index contributed by atoms with van der Waals surface area (Å²) < 4.78 is 1.74. The van der Waals surface area contributed by atoms with E-state index >= 15 is 0 Å². The number of hydrogen-bond donors (Lipinski definition) is 2. The van der Waals surface area contributed by atoms with E-state index in [-0.39, 0.29) is 0 Å². The zero-order valence-corrected chi connectivity index (χ0v) is 15.1. The maximum absolute atomic E-state index is 4.37. The van der Waals surface area contributed by atoms with E-state index in [2.05, 4.69) is 37.6 Å². The Balaban J connectivity index is 1.50. The Kier molecular flexibility index (Phi) is 5.73. The molecule has 130 valence electrons. The van der Waals surface area contributed by atoms with Gasteiger partial charge in [0.2, 0.25) is 0 Å². The van der Waals surface area contributed by atoms with Crippen LogP contribution >= 0.6 is 11.3 Å². The summed E-state index contributed by atoms with van der Waals surface area (Å²) in [4.78, 5) is 14.2. The minimum atomic E-state index is 0.660. The van der Waals surface area contributed by atoms with Crippen molar-refractivity contribution in [2.24, 2.45) is 4.99 Å². The summed E-state index contributed by atoms with van der Waals surface area (Å²) in [7, 11) is 1.77. The summed E-state index contributed by atoms with van der Waals surface area (Å²) in [6.45, 7) is 3.52. The molecule has 0 aliphatic heterocycles. The number of aryl methyl sites for hydroxylation is 1. The topological polar surface area (TPSA) is 80.0 Å². The molecule has 8 heteroatoms. The predicted octanol–water partition coefficient (Wildman–Crippen LogP) is 1.94. The average Bonchev–Trinajstić information content (AvgIpc) is 3.30. The Bertz CT molecular complexity index is 823. The molecule has 0 spiro atoms. The van der Waals surface area contributed by atoms with Crippen molar-refractivity contribution in [3.8, 4) is 5.82 Å². The summed E-state index contributed by atoms with van der Waals surface area (Å²) in [6, 6.07) is 5.86. The van der Waals surface area contributed by atoms with Gasteiger partial charge in [-0.25, -0.2) is 14.6 Å². The highest BCUT2D eigenvalue weighted by atomic mass is 32.1. The zero-order chi connectivity index (χ0) is 17.5. The second-order valence-corrected chi connectivity index (χ2v) is 6.76. The van der Waals surface area contributed by atoms with Crippen LogP contribution in [0.3, 0.4) is 0 Å². The highest BCUT2D eigenvalue weighted by molar-refractivity contribution is 7.11. The molecule has 0 saturated carbocycles. The molecule has 3 aromatic rings. The molecule has 3 rings (SSSR count). The normalized spacial score (nSPS) is 11.5. The predicted molar refractivity (Wildman–Crippen MR) is 100 cm³/mol. The van der Waals surface area contributed by atoms with Crippen molar-refractivity contribution in [2.75, 3.05) is 13.6 Å². The maximum Gasteiger partial charge on any atom is 0.191 e. The van der Waals surface area contributed by atoms with Gasteiger partial charge in [-0.15, -0.1) is 11.3 Å². The van der Waals surface area contributed by atoms with Crippen molar-refractivity contribution >= 4 is 17.3 Å². The van der Waals surface area contributed by atoms with Crippen molar-refractivity contribution in [1.82, 2.24) is 30.4 Å². The van der Waals surface area contributed by atoms with Gasteiger partial charge in [-0.1, -0.05) is 0 Å². The molecule has 7 nitrogen and oxygen atoms in total. The molecule has 0 radical (unpaired) electrons. The first-order valence-corrected chi connectivity index (χ1v) is 8.87. The van der Waals surface area contributed by atoms with Crippen LogP contribution in [0, 0.1) is 6.92 Å². The van der Waals surface area contributed by atoms with Gasteiger partial charge in [-0.3, -0.25) is 4.99 Å². The van der Waals surface area contributed by atoms with E-state index in [1.54, 1.807) is 35.5 Å². The van der Waals surface area contributed by atoms with Crippen molar-refractivity contribution in [1.29, 1.82) is 0 Å². The standard InChI is InChI=1S/C17H21N7S/c1-13-11-21-16(25-13)5-8-20-17(18-2)22-12-14-4-7-19-15(10-14)24-9-3-6-23-24/h3-4,6-7,9-11H,5,8,12H2,1-2H3,(H2,18,20,22). The zero-order valence-electron chi connectivity index (χ0n) is 14.3. The lowest BCUT2D eigenvalue weighted by molar-refractivity contribution is 0.787. The van der Waals surface area contributed by atoms with Gasteiger partial charge in [0.05, 0.1) is 5.01 Å². The molecule has 0 atom stereocenters. The largest absolute Gasteiger partial charge is 0.356 e. The van der Waals surface area contributed by atoms with Crippen LogP contribution in [-0.4, -0.2) is 39.3 Å². The van der Waals surface area contributed by atoms with Gasteiger partial charge >= 0.3 is 0 Å². The minimum absolute atomic E-state index is 0.660. The summed E-state index contributed by atoms with van der Waals surface area (Å²) in [5.74, 6) is 1.57. The van der Waals surface area contributed by atoms with E-state index in [9.17, 15) is 0 Å². The number of nitrogens with one attached hydrogen (secondary N) is 2. The fourth-order valence-corrected chi connectivity index (χ4v) is 3.10. The molecule has 0 unspecified atom stereocenters. The quantitative estimate of drug-likeness (QED) is 0.522. The van der Waals surface area contributed by atoms with Crippen molar-refractivity contribution in [3.63, 3.8) is 0 Å².